The topological polar surface area (TPSA) is 68.2 Å². The van der Waals surface area contributed by atoms with Crippen molar-refractivity contribution in [2.75, 3.05) is 0 Å². The van der Waals surface area contributed by atoms with Crippen molar-refractivity contribution in [3.63, 3.8) is 0 Å². The quantitative estimate of drug-likeness (QED) is 0.648. The molecule has 0 radical (unpaired) electrons. The van der Waals surface area contributed by atoms with Gasteiger partial charge in [0.05, 0.1) is 21.7 Å². The van der Waals surface area contributed by atoms with Gasteiger partial charge in [-0.3, -0.25) is 9.36 Å². The molecule has 3 aromatic rings. The Morgan fingerprint density at radius 2 is 1.78 bits per heavy atom. The lowest BCUT2D eigenvalue weighted by Gasteiger charge is -2.17. The summed E-state index contributed by atoms with van der Waals surface area (Å²) in [5, 5.41) is 0.638. The van der Waals surface area contributed by atoms with E-state index in [2.05, 4.69) is 4.72 Å². The highest BCUT2D eigenvalue weighted by molar-refractivity contribution is 7.89. The molecular weight excluding hydrogens is 404 g/mol. The molecule has 0 bridgehead atoms. The number of fused-ring (bicyclic) bond motifs is 1. The van der Waals surface area contributed by atoms with Crippen molar-refractivity contribution in [2.45, 2.75) is 38.3 Å². The van der Waals surface area contributed by atoms with Crippen molar-refractivity contribution in [3.8, 4) is 0 Å². The Kier molecular flexibility index (Phi) is 5.76. The first-order valence-electron chi connectivity index (χ1n) is 8.57. The molecule has 2 aromatic carbocycles. The summed E-state index contributed by atoms with van der Waals surface area (Å²) in [6, 6.07) is 11.9. The molecular formula is C19H21ClN2O3S2. The first-order valence-corrected chi connectivity index (χ1v) is 11.3. The van der Waals surface area contributed by atoms with Crippen LogP contribution in [0.3, 0.4) is 0 Å². The molecule has 144 valence electrons. The van der Waals surface area contributed by atoms with Gasteiger partial charge in [0.1, 0.15) is 0 Å². The number of sulfonamides is 1. The Labute approximate surface area is 167 Å². The maximum absolute atomic E-state index is 12.6. The van der Waals surface area contributed by atoms with Crippen LogP contribution in [-0.2, 0) is 16.6 Å². The maximum Gasteiger partial charge on any atom is 0.308 e. The Hall–Kier alpha value is -1.67. The van der Waals surface area contributed by atoms with Crippen molar-refractivity contribution in [1.29, 1.82) is 0 Å². The van der Waals surface area contributed by atoms with E-state index < -0.39 is 10.0 Å². The molecule has 1 N–H and O–H groups in total. The van der Waals surface area contributed by atoms with E-state index in [9.17, 15) is 13.2 Å². The summed E-state index contributed by atoms with van der Waals surface area (Å²) in [7, 11) is -3.63. The molecule has 0 aliphatic carbocycles. The summed E-state index contributed by atoms with van der Waals surface area (Å²) in [6.45, 7) is 6.16. The lowest BCUT2D eigenvalue weighted by Crippen LogP contribution is -2.36. The number of thiazole rings is 1. The number of aromatic nitrogens is 1. The number of benzene rings is 2. The van der Waals surface area contributed by atoms with Crippen LogP contribution in [0.2, 0.25) is 5.02 Å². The fourth-order valence-electron chi connectivity index (χ4n) is 2.58. The zero-order valence-corrected chi connectivity index (χ0v) is 17.7. The number of nitrogens with one attached hydrogen (secondary N) is 1. The number of hydrogen-bond acceptors (Lipinski definition) is 4. The van der Waals surface area contributed by atoms with Crippen molar-refractivity contribution < 1.29 is 8.42 Å². The summed E-state index contributed by atoms with van der Waals surface area (Å²) in [5.74, 6) is 0.181. The van der Waals surface area contributed by atoms with Crippen LogP contribution in [0.1, 0.15) is 26.3 Å². The van der Waals surface area contributed by atoms with Gasteiger partial charge in [0.25, 0.3) is 0 Å². The molecule has 0 aliphatic heterocycles. The molecule has 0 spiro atoms. The van der Waals surface area contributed by atoms with E-state index in [1.807, 2.05) is 32.9 Å². The van der Waals surface area contributed by atoms with Gasteiger partial charge in [-0.1, -0.05) is 48.9 Å². The minimum Gasteiger partial charge on any atom is -0.294 e. The highest BCUT2D eigenvalue weighted by Gasteiger charge is 2.20. The van der Waals surface area contributed by atoms with Crippen LogP contribution in [0.25, 0.3) is 10.2 Å². The number of halogens is 1. The van der Waals surface area contributed by atoms with E-state index in [0.717, 1.165) is 22.4 Å². The first-order chi connectivity index (χ1) is 12.7. The third-order valence-electron chi connectivity index (χ3n) is 4.55. The smallest absolute Gasteiger partial charge is 0.294 e. The highest BCUT2D eigenvalue weighted by Crippen LogP contribution is 2.23. The van der Waals surface area contributed by atoms with E-state index in [4.69, 9.17) is 11.6 Å². The van der Waals surface area contributed by atoms with Crippen molar-refractivity contribution in [1.82, 2.24) is 9.29 Å². The standard InChI is InChI=1S/C19H21ClN2O3S2/c1-12(2)13(3)21-27(24,25)16-8-9-17-18(10-16)26-19(23)22(17)11-14-4-6-15(20)7-5-14/h4-10,12-13,21H,11H2,1-3H3/t13-/m0/s1. The molecule has 3 rings (SSSR count). The first kappa shape index (κ1) is 20.1. The molecule has 0 unspecified atom stereocenters. The van der Waals surface area contributed by atoms with Crippen LogP contribution in [-0.4, -0.2) is 19.0 Å². The predicted octanol–water partition coefficient (Wildman–Crippen LogP) is 4.09. The van der Waals surface area contributed by atoms with Gasteiger partial charge in [0, 0.05) is 11.1 Å². The molecule has 0 fully saturated rings. The molecule has 5 nitrogen and oxygen atoms in total. The van der Waals surface area contributed by atoms with Crippen LogP contribution in [0.4, 0.5) is 0 Å². The molecule has 0 aliphatic rings. The monoisotopic (exact) mass is 424 g/mol. The van der Waals surface area contributed by atoms with E-state index in [1.54, 1.807) is 34.9 Å². The minimum absolute atomic E-state index is 0.127. The third-order valence-corrected chi connectivity index (χ3v) is 7.30. The SMILES string of the molecule is CC(C)[C@H](C)NS(=O)(=O)c1ccc2c(c1)sc(=O)n2Cc1ccc(Cl)cc1. The van der Waals surface area contributed by atoms with Gasteiger partial charge < -0.3 is 0 Å². The van der Waals surface area contributed by atoms with E-state index in [-0.39, 0.29) is 21.7 Å². The summed E-state index contributed by atoms with van der Waals surface area (Å²) in [5.41, 5.74) is 1.67. The molecule has 0 saturated carbocycles. The number of hydrogen-bond donors (Lipinski definition) is 1. The van der Waals surface area contributed by atoms with Gasteiger partial charge in [-0.05, 0) is 48.7 Å². The molecule has 27 heavy (non-hydrogen) atoms. The molecule has 8 heteroatoms. The molecule has 1 atom stereocenters. The van der Waals surface area contributed by atoms with E-state index >= 15 is 0 Å². The Balaban J connectivity index is 1.96. The predicted molar refractivity (Wildman–Crippen MR) is 111 cm³/mol. The van der Waals surface area contributed by atoms with Crippen LogP contribution in [0.5, 0.6) is 0 Å². The minimum atomic E-state index is -3.63. The van der Waals surface area contributed by atoms with Gasteiger partial charge in [-0.15, -0.1) is 0 Å². The summed E-state index contributed by atoms with van der Waals surface area (Å²) in [6.07, 6.45) is 0. The fourth-order valence-corrected chi connectivity index (χ4v) is 5.13. The van der Waals surface area contributed by atoms with Gasteiger partial charge >= 0.3 is 4.87 Å². The van der Waals surface area contributed by atoms with Crippen molar-refractivity contribution >= 4 is 43.2 Å². The van der Waals surface area contributed by atoms with Crippen molar-refractivity contribution in [3.05, 3.63) is 62.7 Å². The van der Waals surface area contributed by atoms with Crippen LogP contribution in [0.15, 0.2) is 52.2 Å². The van der Waals surface area contributed by atoms with Gasteiger partial charge in [0.2, 0.25) is 10.0 Å². The third kappa shape index (κ3) is 4.43. The molecule has 0 amide bonds. The molecule has 0 saturated heterocycles. The Bertz CT molecular complexity index is 1120. The number of rotatable bonds is 6. The Morgan fingerprint density at radius 1 is 1.11 bits per heavy atom. The average Bonchev–Trinajstić information content (AvgIpc) is 2.91. The normalized spacial score (nSPS) is 13.4. The second-order valence-corrected chi connectivity index (χ2v) is 10.0. The van der Waals surface area contributed by atoms with Crippen molar-refractivity contribution in [2.24, 2.45) is 5.92 Å². The highest BCUT2D eigenvalue weighted by atomic mass is 35.5. The van der Waals surface area contributed by atoms with E-state index in [1.165, 1.54) is 0 Å². The zero-order valence-electron chi connectivity index (χ0n) is 15.3. The lowest BCUT2D eigenvalue weighted by atomic mass is 10.1. The summed E-state index contributed by atoms with van der Waals surface area (Å²) < 4.78 is 30.2. The van der Waals surface area contributed by atoms with Gasteiger partial charge in [0.15, 0.2) is 0 Å². The largest absolute Gasteiger partial charge is 0.308 e. The van der Waals surface area contributed by atoms with Gasteiger partial charge in [-0.2, -0.15) is 0 Å². The molecule has 1 aromatic heterocycles. The zero-order chi connectivity index (χ0) is 19.8. The lowest BCUT2D eigenvalue weighted by molar-refractivity contribution is 0.476. The number of nitrogens with zero attached hydrogens (tertiary/aromatic N) is 1. The van der Waals surface area contributed by atoms with Crippen LogP contribution < -0.4 is 9.60 Å². The fraction of sp³-hybridized carbons (Fsp3) is 0.316. The maximum atomic E-state index is 12.6. The average molecular weight is 425 g/mol. The molecule has 1 heterocycles. The summed E-state index contributed by atoms with van der Waals surface area (Å²) >= 11 is 6.95. The van der Waals surface area contributed by atoms with Crippen LogP contribution >= 0.6 is 22.9 Å². The van der Waals surface area contributed by atoms with E-state index in [0.29, 0.717) is 16.3 Å². The summed E-state index contributed by atoms with van der Waals surface area (Å²) in [4.78, 5) is 12.5. The van der Waals surface area contributed by atoms with Crippen LogP contribution in [0, 0.1) is 5.92 Å². The second-order valence-electron chi connectivity index (χ2n) is 6.86. The Morgan fingerprint density at radius 3 is 2.41 bits per heavy atom. The van der Waals surface area contributed by atoms with Gasteiger partial charge in [-0.25, -0.2) is 13.1 Å². The second kappa shape index (κ2) is 7.75.